The number of hydrogen-bond acceptors (Lipinski definition) is 1. The van der Waals surface area contributed by atoms with Crippen LogP contribution in [0.1, 0.15) is 47.7 Å². The van der Waals surface area contributed by atoms with E-state index in [0.29, 0.717) is 6.42 Å². The minimum atomic E-state index is -0.0925. The first-order valence-electron chi connectivity index (χ1n) is 11.0. The van der Waals surface area contributed by atoms with Crippen LogP contribution in [-0.4, -0.2) is 11.5 Å². The van der Waals surface area contributed by atoms with E-state index in [9.17, 15) is 4.39 Å². The third-order valence-corrected chi connectivity index (χ3v) is 5.88. The lowest BCUT2D eigenvalue weighted by Gasteiger charge is -2.22. The lowest BCUT2D eigenvalue weighted by atomic mass is 9.91. The molecule has 0 radical (unpaired) electrons. The Labute approximate surface area is 184 Å². The molecular weight excluding hydrogens is 383 g/mol. The fourth-order valence-electron chi connectivity index (χ4n) is 4.20. The predicted molar refractivity (Wildman–Crippen MR) is 129 cm³/mol. The van der Waals surface area contributed by atoms with Crippen molar-refractivity contribution in [1.29, 1.82) is 0 Å². The van der Waals surface area contributed by atoms with Crippen LogP contribution >= 0.6 is 0 Å². The van der Waals surface area contributed by atoms with Crippen molar-refractivity contribution in [2.75, 3.05) is 6.54 Å². The lowest BCUT2D eigenvalue weighted by Crippen LogP contribution is -2.23. The Bertz CT molecular complexity index is 1060. The molecule has 4 rings (SSSR count). The standard InChI is InChI=1S/C28H29FN2/c1-21(25-20-31-27-18-10-4-8-16-24(25)27)28(23-13-6-2-7-14-23)30-19-11-15-22-12-5-3-9-17-26(22)29/h2-10,13-14,17-18,20,28,30-31H,1,11-12,15-16,19H2. The van der Waals surface area contributed by atoms with Gasteiger partial charge < -0.3 is 10.3 Å². The van der Waals surface area contributed by atoms with Crippen molar-refractivity contribution < 1.29 is 4.39 Å². The molecule has 2 aliphatic carbocycles. The average molecular weight is 413 g/mol. The molecule has 0 saturated heterocycles. The number of halogens is 1. The van der Waals surface area contributed by atoms with E-state index in [1.54, 1.807) is 12.2 Å². The first kappa shape index (κ1) is 21.1. The summed E-state index contributed by atoms with van der Waals surface area (Å²) in [5, 5.41) is 3.69. The maximum atomic E-state index is 14.2. The normalized spacial score (nSPS) is 16.2. The number of hydrogen-bond donors (Lipinski definition) is 2. The number of aromatic nitrogens is 1. The number of rotatable bonds is 8. The predicted octanol–water partition coefficient (Wildman–Crippen LogP) is 7.00. The van der Waals surface area contributed by atoms with E-state index in [4.69, 9.17) is 0 Å². The van der Waals surface area contributed by atoms with E-state index < -0.39 is 0 Å². The average Bonchev–Trinajstić information content (AvgIpc) is 2.93. The summed E-state index contributed by atoms with van der Waals surface area (Å²) >= 11 is 0. The Hall–Kier alpha value is -3.17. The fourth-order valence-corrected chi connectivity index (χ4v) is 4.20. The van der Waals surface area contributed by atoms with Crippen molar-refractivity contribution in [3.63, 3.8) is 0 Å². The van der Waals surface area contributed by atoms with Gasteiger partial charge in [-0.1, -0.05) is 73.4 Å². The summed E-state index contributed by atoms with van der Waals surface area (Å²) in [5.41, 5.74) is 6.70. The number of H-pyrrole nitrogens is 1. The minimum absolute atomic E-state index is 0.00469. The first-order valence-corrected chi connectivity index (χ1v) is 11.0. The Morgan fingerprint density at radius 3 is 2.65 bits per heavy atom. The van der Waals surface area contributed by atoms with Gasteiger partial charge >= 0.3 is 0 Å². The van der Waals surface area contributed by atoms with E-state index in [2.05, 4.69) is 71.6 Å². The monoisotopic (exact) mass is 412 g/mol. The zero-order valence-corrected chi connectivity index (χ0v) is 17.8. The summed E-state index contributed by atoms with van der Waals surface area (Å²) in [7, 11) is 0. The smallest absolute Gasteiger partial charge is 0.122 e. The highest BCUT2D eigenvalue weighted by Crippen LogP contribution is 2.33. The van der Waals surface area contributed by atoms with Crippen LogP contribution < -0.4 is 5.32 Å². The molecule has 1 unspecified atom stereocenters. The molecule has 158 valence electrons. The first-order chi connectivity index (χ1) is 15.2. The van der Waals surface area contributed by atoms with Crippen molar-refractivity contribution in [3.05, 3.63) is 119 Å². The molecule has 0 amide bonds. The maximum absolute atomic E-state index is 14.2. The van der Waals surface area contributed by atoms with E-state index in [1.807, 2.05) is 18.2 Å². The van der Waals surface area contributed by atoms with Crippen molar-refractivity contribution in [3.8, 4) is 0 Å². The molecule has 1 heterocycles. The van der Waals surface area contributed by atoms with Gasteiger partial charge in [0.2, 0.25) is 0 Å². The molecule has 0 saturated carbocycles. The summed E-state index contributed by atoms with van der Waals surface area (Å²) in [6.07, 6.45) is 20.9. The van der Waals surface area contributed by atoms with Gasteiger partial charge in [-0.25, -0.2) is 4.39 Å². The zero-order chi connectivity index (χ0) is 21.5. The Kier molecular flexibility index (Phi) is 6.96. The van der Waals surface area contributed by atoms with Gasteiger partial charge in [-0.2, -0.15) is 0 Å². The van der Waals surface area contributed by atoms with Gasteiger partial charge in [0, 0.05) is 17.5 Å². The molecule has 0 aliphatic heterocycles. The van der Waals surface area contributed by atoms with Crippen LogP contribution in [0.15, 0.2) is 97.0 Å². The van der Waals surface area contributed by atoms with E-state index in [-0.39, 0.29) is 11.9 Å². The lowest BCUT2D eigenvalue weighted by molar-refractivity contribution is 0.589. The minimum Gasteiger partial charge on any atom is -0.361 e. The second-order valence-corrected chi connectivity index (χ2v) is 7.96. The third-order valence-electron chi connectivity index (χ3n) is 5.88. The number of aromatic amines is 1. The molecule has 2 N–H and O–H groups in total. The Morgan fingerprint density at radius 2 is 1.81 bits per heavy atom. The second-order valence-electron chi connectivity index (χ2n) is 7.96. The van der Waals surface area contributed by atoms with Crippen molar-refractivity contribution in [2.45, 2.75) is 31.7 Å². The number of benzene rings is 1. The molecule has 2 aromatic rings. The highest BCUT2D eigenvalue weighted by Gasteiger charge is 2.20. The summed E-state index contributed by atoms with van der Waals surface area (Å²) in [4.78, 5) is 3.40. The SMILES string of the molecule is C=C(c1c[nH]c2c1CC=CC=C2)C(NCCCC1=C(F)C=CC=CC1)c1ccccc1. The van der Waals surface area contributed by atoms with Gasteiger partial charge in [0.25, 0.3) is 0 Å². The molecule has 3 heteroatoms. The number of fused-ring (bicyclic) bond motifs is 1. The van der Waals surface area contributed by atoms with Crippen molar-refractivity contribution >= 4 is 11.6 Å². The van der Waals surface area contributed by atoms with E-state index in [0.717, 1.165) is 42.6 Å². The van der Waals surface area contributed by atoms with Crippen molar-refractivity contribution in [2.24, 2.45) is 0 Å². The molecule has 0 fully saturated rings. The highest BCUT2D eigenvalue weighted by molar-refractivity contribution is 5.75. The molecule has 0 bridgehead atoms. The molecule has 31 heavy (non-hydrogen) atoms. The quantitative estimate of drug-likeness (QED) is 0.449. The second kappa shape index (κ2) is 10.2. The summed E-state index contributed by atoms with van der Waals surface area (Å²) in [6.45, 7) is 5.27. The fraction of sp³-hybridized carbons (Fsp3) is 0.214. The van der Waals surface area contributed by atoms with Gasteiger partial charge in [0.05, 0.1) is 6.04 Å². The third kappa shape index (κ3) is 5.12. The largest absolute Gasteiger partial charge is 0.361 e. The van der Waals surface area contributed by atoms with Gasteiger partial charge in [-0.15, -0.1) is 0 Å². The van der Waals surface area contributed by atoms with Crippen LogP contribution in [0.3, 0.4) is 0 Å². The molecule has 2 nitrogen and oxygen atoms in total. The van der Waals surface area contributed by atoms with Crippen LogP contribution in [0.25, 0.3) is 11.6 Å². The van der Waals surface area contributed by atoms with Crippen LogP contribution in [0.4, 0.5) is 4.39 Å². The van der Waals surface area contributed by atoms with Gasteiger partial charge in [0.15, 0.2) is 0 Å². The molecule has 1 aromatic carbocycles. The summed E-state index contributed by atoms with van der Waals surface area (Å²) in [5.74, 6) is -0.0925. The van der Waals surface area contributed by atoms with Crippen LogP contribution in [0, 0.1) is 0 Å². The number of nitrogens with one attached hydrogen (secondary N) is 2. The molecule has 2 aliphatic rings. The maximum Gasteiger partial charge on any atom is 0.122 e. The molecule has 1 atom stereocenters. The Balaban J connectivity index is 1.48. The van der Waals surface area contributed by atoms with Crippen molar-refractivity contribution in [1.82, 2.24) is 10.3 Å². The van der Waals surface area contributed by atoms with Crippen LogP contribution in [0.2, 0.25) is 0 Å². The zero-order valence-electron chi connectivity index (χ0n) is 17.8. The molecular formula is C28H29FN2. The Morgan fingerprint density at radius 1 is 1.03 bits per heavy atom. The topological polar surface area (TPSA) is 27.8 Å². The van der Waals surface area contributed by atoms with Crippen LogP contribution in [0.5, 0.6) is 0 Å². The van der Waals surface area contributed by atoms with Gasteiger partial charge in [-0.3, -0.25) is 0 Å². The summed E-state index contributed by atoms with van der Waals surface area (Å²) in [6, 6.07) is 10.4. The van der Waals surface area contributed by atoms with Gasteiger partial charge in [0.1, 0.15) is 5.83 Å². The van der Waals surface area contributed by atoms with E-state index in [1.165, 1.54) is 16.7 Å². The van der Waals surface area contributed by atoms with Crippen LogP contribution in [-0.2, 0) is 6.42 Å². The highest BCUT2D eigenvalue weighted by atomic mass is 19.1. The molecule has 1 aromatic heterocycles. The van der Waals surface area contributed by atoms with Gasteiger partial charge in [-0.05, 0) is 66.7 Å². The number of allylic oxidation sites excluding steroid dienone is 9. The molecule has 0 spiro atoms. The van der Waals surface area contributed by atoms with E-state index >= 15 is 0 Å². The summed E-state index contributed by atoms with van der Waals surface area (Å²) < 4.78 is 14.2.